The predicted octanol–water partition coefficient (Wildman–Crippen LogP) is -1.33. The monoisotopic (exact) mass is 227 g/mol. The minimum Gasteiger partial charge on any atom is -0.394 e. The van der Waals surface area contributed by atoms with Crippen LogP contribution < -0.4 is 28.7 Å². The molecule has 0 heterocycles. The largest absolute Gasteiger partial charge is 0.394 e. The zero-order valence-corrected chi connectivity index (χ0v) is 9.06. The summed E-state index contributed by atoms with van der Waals surface area (Å²) in [5.41, 5.74) is 23.3. The first kappa shape index (κ1) is 17.4. The summed E-state index contributed by atoms with van der Waals surface area (Å²) in [4.78, 5) is 0.500. The van der Waals surface area contributed by atoms with Gasteiger partial charge in [-0.3, -0.25) is 0 Å². The molecule has 5 nitrogen and oxygen atoms in total. The Bertz CT molecular complexity index is 116. The summed E-state index contributed by atoms with van der Waals surface area (Å²) in [6, 6.07) is 0. The molecule has 0 unspecified atom stereocenters. The lowest BCUT2D eigenvalue weighted by Gasteiger charge is -1.68. The van der Waals surface area contributed by atoms with Gasteiger partial charge in [-0.15, -0.1) is 0 Å². The molecule has 0 fully saturated rings. The van der Waals surface area contributed by atoms with E-state index < -0.39 is 0 Å². The fourth-order valence-electron chi connectivity index (χ4n) is 0. The van der Waals surface area contributed by atoms with Gasteiger partial charge in [-0.1, -0.05) is 12.2 Å². The lowest BCUT2D eigenvalue weighted by Crippen LogP contribution is -2.18. The van der Waals surface area contributed by atoms with Crippen molar-refractivity contribution in [1.29, 1.82) is 0 Å². The Balaban J connectivity index is -0.000000101. The van der Waals surface area contributed by atoms with E-state index >= 15 is 0 Å². The highest BCUT2D eigenvalue weighted by atomic mass is 32.1. The van der Waals surface area contributed by atoms with Crippen molar-refractivity contribution >= 4 is 51.9 Å². The third-order valence-electron chi connectivity index (χ3n) is 0. The Morgan fingerprint density at radius 2 is 0.750 bits per heavy atom. The van der Waals surface area contributed by atoms with Crippen LogP contribution >= 0.6 is 36.7 Å². The molecule has 0 radical (unpaired) electrons. The molecule has 0 aliphatic rings. The van der Waals surface area contributed by atoms with Crippen LogP contribution in [0.4, 0.5) is 0 Å². The Kier molecular flexibility index (Phi) is 18.7. The maximum absolute atomic E-state index is 4.84. The van der Waals surface area contributed by atoms with Gasteiger partial charge in [0.2, 0.25) is 0 Å². The molecule has 0 rings (SSSR count). The molecule has 0 aromatic heterocycles. The maximum Gasteiger partial charge on any atom is 0.160 e. The number of rotatable bonds is 0. The van der Waals surface area contributed by atoms with Crippen molar-refractivity contribution in [3.05, 3.63) is 0 Å². The number of thiocarbonyl (C=S) groups is 3. The zero-order chi connectivity index (χ0) is 10.7. The van der Waals surface area contributed by atoms with E-state index in [4.69, 9.17) is 5.73 Å². The van der Waals surface area contributed by atoms with Crippen LogP contribution in [0.1, 0.15) is 6.92 Å². The van der Waals surface area contributed by atoms with Gasteiger partial charge in [0.15, 0.2) is 10.2 Å². The van der Waals surface area contributed by atoms with E-state index in [0.717, 1.165) is 0 Å². The highest BCUT2D eigenvalue weighted by molar-refractivity contribution is 7.80. The molecule has 0 aliphatic carbocycles. The molecule has 0 saturated carbocycles. The van der Waals surface area contributed by atoms with Gasteiger partial charge in [0, 0.05) is 0 Å². The summed E-state index contributed by atoms with van der Waals surface area (Å²) in [5, 5.41) is 0.000000000000000444. The van der Waals surface area contributed by atoms with Gasteiger partial charge in [0.1, 0.15) is 0 Å². The molecule has 0 aliphatic heterocycles. The second-order valence-corrected chi connectivity index (χ2v) is 3.00. The van der Waals surface area contributed by atoms with Crippen LogP contribution in [-0.2, 0) is 0 Å². The quantitative estimate of drug-likeness (QED) is 0.322. The number of hydrogen-bond donors (Lipinski definition) is 5. The fourth-order valence-corrected chi connectivity index (χ4v) is 0. The van der Waals surface area contributed by atoms with Gasteiger partial charge >= 0.3 is 0 Å². The normalized spacial score (nSPS) is 6.08. The SMILES string of the molecule is CC(N)=S.NC(N)=S.NC(N)=S. The average molecular weight is 227 g/mol. The minimum atomic E-state index is 0.000000000000000222. The molecule has 10 N–H and O–H groups in total. The second-order valence-electron chi connectivity index (χ2n) is 1.42. The molecule has 8 heteroatoms. The van der Waals surface area contributed by atoms with E-state index in [1.807, 2.05) is 0 Å². The summed E-state index contributed by atoms with van der Waals surface area (Å²) < 4.78 is 0. The summed E-state index contributed by atoms with van der Waals surface area (Å²) in [6.07, 6.45) is 0. The van der Waals surface area contributed by atoms with Crippen LogP contribution in [0.15, 0.2) is 0 Å². The molecular formula is C4H13N5S3. The highest BCUT2D eigenvalue weighted by Gasteiger charge is 1.54. The number of nitrogens with two attached hydrogens (primary N) is 5. The van der Waals surface area contributed by atoms with E-state index in [1.165, 1.54) is 0 Å². The van der Waals surface area contributed by atoms with Crippen LogP contribution in [0, 0.1) is 0 Å². The second kappa shape index (κ2) is 12.9. The van der Waals surface area contributed by atoms with Crippen LogP contribution in [0.2, 0.25) is 0 Å². The molecule has 0 atom stereocenters. The van der Waals surface area contributed by atoms with Crippen molar-refractivity contribution in [2.45, 2.75) is 6.92 Å². The van der Waals surface area contributed by atoms with Crippen molar-refractivity contribution in [2.24, 2.45) is 28.7 Å². The van der Waals surface area contributed by atoms with Gasteiger partial charge in [-0.05, 0) is 31.4 Å². The first-order valence-electron chi connectivity index (χ1n) is 2.56. The molecule has 72 valence electrons. The molecule has 0 spiro atoms. The molecule has 0 amide bonds. The summed E-state index contributed by atoms with van der Waals surface area (Å²) in [7, 11) is 0. The zero-order valence-electron chi connectivity index (χ0n) is 6.61. The fraction of sp³-hybridized carbons (Fsp3) is 0.250. The summed E-state index contributed by atoms with van der Waals surface area (Å²) in [6.45, 7) is 1.68. The van der Waals surface area contributed by atoms with Gasteiger partial charge < -0.3 is 28.7 Å². The van der Waals surface area contributed by atoms with E-state index in [9.17, 15) is 0 Å². The van der Waals surface area contributed by atoms with Gasteiger partial charge in [-0.25, -0.2) is 0 Å². The van der Waals surface area contributed by atoms with Crippen molar-refractivity contribution in [3.8, 4) is 0 Å². The first-order valence-corrected chi connectivity index (χ1v) is 3.78. The van der Waals surface area contributed by atoms with Gasteiger partial charge in [0.05, 0.1) is 4.99 Å². The standard InChI is InChI=1S/C2H5NS.2CH4N2S/c1-2(3)4;2*2-1(3)4/h1H3,(H2,3,4);2*(H4,2,3,4). The van der Waals surface area contributed by atoms with Crippen molar-refractivity contribution in [1.82, 2.24) is 0 Å². The molecule has 0 aromatic rings. The van der Waals surface area contributed by atoms with Gasteiger partial charge in [-0.2, -0.15) is 0 Å². The van der Waals surface area contributed by atoms with E-state index in [2.05, 4.69) is 59.6 Å². The third-order valence-corrected chi connectivity index (χ3v) is 0. The Hall–Kier alpha value is -0.730. The van der Waals surface area contributed by atoms with E-state index in [0.29, 0.717) is 4.99 Å². The third kappa shape index (κ3) is 1190. The molecule has 0 aromatic carbocycles. The van der Waals surface area contributed by atoms with Crippen molar-refractivity contribution in [3.63, 3.8) is 0 Å². The minimum absolute atomic E-state index is 0.000000000000000222. The van der Waals surface area contributed by atoms with Crippen molar-refractivity contribution < 1.29 is 0 Å². The lowest BCUT2D eigenvalue weighted by atomic mass is 10.8. The topological polar surface area (TPSA) is 130 Å². The smallest absolute Gasteiger partial charge is 0.160 e. The molecule has 0 saturated heterocycles. The Morgan fingerprint density at radius 3 is 0.750 bits per heavy atom. The lowest BCUT2D eigenvalue weighted by molar-refractivity contribution is 1.65. The highest BCUT2D eigenvalue weighted by Crippen LogP contribution is 1.48. The Morgan fingerprint density at radius 1 is 0.750 bits per heavy atom. The van der Waals surface area contributed by atoms with E-state index in [1.54, 1.807) is 6.92 Å². The first-order chi connectivity index (χ1) is 5.20. The van der Waals surface area contributed by atoms with Crippen LogP contribution in [-0.4, -0.2) is 15.2 Å². The van der Waals surface area contributed by atoms with Crippen LogP contribution in [0.25, 0.3) is 0 Å². The van der Waals surface area contributed by atoms with E-state index in [-0.39, 0.29) is 10.2 Å². The number of hydrogen-bond acceptors (Lipinski definition) is 3. The average Bonchev–Trinajstić information content (AvgIpc) is 1.54. The summed E-state index contributed by atoms with van der Waals surface area (Å²) in [5.74, 6) is 0. The summed E-state index contributed by atoms with van der Waals surface area (Å²) >= 11 is 12.5. The van der Waals surface area contributed by atoms with Crippen LogP contribution in [0.3, 0.4) is 0 Å². The van der Waals surface area contributed by atoms with Gasteiger partial charge in [0.25, 0.3) is 0 Å². The van der Waals surface area contributed by atoms with Crippen molar-refractivity contribution in [2.75, 3.05) is 0 Å². The Labute approximate surface area is 87.6 Å². The molecule has 12 heavy (non-hydrogen) atoms. The molecule has 0 bridgehead atoms. The van der Waals surface area contributed by atoms with Crippen LogP contribution in [0.5, 0.6) is 0 Å². The predicted molar refractivity (Wildman–Crippen MR) is 64.4 cm³/mol. The maximum atomic E-state index is 4.84. The molecular weight excluding hydrogens is 214 g/mol.